The molecule has 5 nitrogen and oxygen atoms in total. The standard InChI is InChI=1S/C63H108O5/c1-4-7-10-13-16-19-22-25-27-29-31-33-35-37-40-43-46-49-52-55-58-66-59-61(68-63(65)57-54-51-48-45-42-38-24-21-18-15-12-9-6-3)60-67-62(64)56-53-50-47-44-41-39-36-34-32-30-28-26-23-20-17-14-11-8-5-2/h7,10,16-17,19-20,25-28,31-34,37,40,61H,4-6,8-9,11-15,18,21-24,29-30,35-36,38-39,41-60H2,1-3H3/b10-7-,19-16-,20-17-,27-25-,28-26-,33-31-,34-32-,40-37-. The van der Waals surface area contributed by atoms with Crippen LogP contribution in [0.4, 0.5) is 0 Å². The van der Waals surface area contributed by atoms with Gasteiger partial charge in [-0.25, -0.2) is 0 Å². The molecule has 0 aliphatic carbocycles. The second-order valence-corrected chi connectivity index (χ2v) is 18.8. The van der Waals surface area contributed by atoms with Crippen molar-refractivity contribution in [3.05, 3.63) is 97.2 Å². The molecule has 0 saturated carbocycles. The first kappa shape index (κ1) is 64.8. The van der Waals surface area contributed by atoms with E-state index in [9.17, 15) is 9.59 Å². The maximum absolute atomic E-state index is 12.8. The van der Waals surface area contributed by atoms with Crippen molar-refractivity contribution in [2.75, 3.05) is 19.8 Å². The van der Waals surface area contributed by atoms with Crippen LogP contribution in [0.25, 0.3) is 0 Å². The number of ether oxygens (including phenoxy) is 3. The number of carbonyl (C=O) groups is 2. The number of hydrogen-bond acceptors (Lipinski definition) is 5. The summed E-state index contributed by atoms with van der Waals surface area (Å²) in [6.45, 7) is 7.63. The second kappa shape index (κ2) is 58.1. The molecule has 0 aromatic rings. The summed E-state index contributed by atoms with van der Waals surface area (Å²) in [6, 6.07) is 0. The Balaban J connectivity index is 4.34. The Bertz CT molecular complexity index is 1300. The Morgan fingerprint density at radius 1 is 0.338 bits per heavy atom. The first-order chi connectivity index (χ1) is 33.6. The van der Waals surface area contributed by atoms with Crippen LogP contribution < -0.4 is 0 Å². The molecule has 0 heterocycles. The molecule has 0 saturated heterocycles. The fourth-order valence-electron chi connectivity index (χ4n) is 7.84. The minimum atomic E-state index is -0.559. The molecule has 0 aliphatic heterocycles. The summed E-state index contributed by atoms with van der Waals surface area (Å²) in [5, 5.41) is 0. The fraction of sp³-hybridized carbons (Fsp3) is 0.714. The molecule has 1 unspecified atom stereocenters. The third-order valence-corrected chi connectivity index (χ3v) is 12.1. The maximum Gasteiger partial charge on any atom is 0.306 e. The molecule has 0 bridgehead atoms. The van der Waals surface area contributed by atoms with E-state index >= 15 is 0 Å². The van der Waals surface area contributed by atoms with Crippen LogP contribution in [0.5, 0.6) is 0 Å². The van der Waals surface area contributed by atoms with Crippen LogP contribution in [0.3, 0.4) is 0 Å². The van der Waals surface area contributed by atoms with E-state index in [0.29, 0.717) is 19.4 Å². The average molecular weight is 946 g/mol. The van der Waals surface area contributed by atoms with Gasteiger partial charge in [-0.1, -0.05) is 246 Å². The average Bonchev–Trinajstić information content (AvgIpc) is 3.34. The number of esters is 2. The first-order valence-electron chi connectivity index (χ1n) is 28.8. The molecule has 5 heteroatoms. The van der Waals surface area contributed by atoms with Gasteiger partial charge in [0.1, 0.15) is 6.61 Å². The predicted octanol–water partition coefficient (Wildman–Crippen LogP) is 19.8. The second-order valence-electron chi connectivity index (χ2n) is 18.8. The lowest BCUT2D eigenvalue weighted by Crippen LogP contribution is -2.30. The number of carbonyl (C=O) groups excluding carboxylic acids is 2. The molecule has 68 heavy (non-hydrogen) atoms. The highest BCUT2D eigenvalue weighted by atomic mass is 16.6. The maximum atomic E-state index is 12.8. The van der Waals surface area contributed by atoms with E-state index in [1.54, 1.807) is 0 Å². The largest absolute Gasteiger partial charge is 0.462 e. The van der Waals surface area contributed by atoms with E-state index in [4.69, 9.17) is 14.2 Å². The third-order valence-electron chi connectivity index (χ3n) is 12.1. The monoisotopic (exact) mass is 945 g/mol. The van der Waals surface area contributed by atoms with E-state index in [0.717, 1.165) is 103 Å². The van der Waals surface area contributed by atoms with Crippen molar-refractivity contribution in [1.29, 1.82) is 0 Å². The highest BCUT2D eigenvalue weighted by Gasteiger charge is 2.17. The van der Waals surface area contributed by atoms with Gasteiger partial charge >= 0.3 is 11.9 Å². The van der Waals surface area contributed by atoms with Gasteiger partial charge < -0.3 is 14.2 Å². The lowest BCUT2D eigenvalue weighted by atomic mass is 10.0. The number of hydrogen-bond donors (Lipinski definition) is 0. The molecule has 0 fully saturated rings. The summed E-state index contributed by atoms with van der Waals surface area (Å²) >= 11 is 0. The molecule has 0 aromatic carbocycles. The first-order valence-corrected chi connectivity index (χ1v) is 28.8. The van der Waals surface area contributed by atoms with Gasteiger partial charge in [-0.15, -0.1) is 0 Å². The van der Waals surface area contributed by atoms with E-state index in [1.165, 1.54) is 128 Å². The third kappa shape index (κ3) is 55.4. The van der Waals surface area contributed by atoms with Crippen LogP contribution >= 0.6 is 0 Å². The van der Waals surface area contributed by atoms with Gasteiger partial charge in [0.25, 0.3) is 0 Å². The summed E-state index contributed by atoms with van der Waals surface area (Å²) in [5.41, 5.74) is 0. The van der Waals surface area contributed by atoms with E-state index in [1.807, 2.05) is 0 Å². The highest BCUT2D eigenvalue weighted by Crippen LogP contribution is 2.15. The lowest BCUT2D eigenvalue weighted by molar-refractivity contribution is -0.163. The number of unbranched alkanes of at least 4 members (excludes halogenated alkanes) is 25. The van der Waals surface area contributed by atoms with Crippen molar-refractivity contribution in [1.82, 2.24) is 0 Å². The van der Waals surface area contributed by atoms with Gasteiger partial charge in [-0.3, -0.25) is 9.59 Å². The predicted molar refractivity (Wildman–Crippen MR) is 297 cm³/mol. The van der Waals surface area contributed by atoms with Crippen LogP contribution in [-0.4, -0.2) is 37.9 Å². The Morgan fingerprint density at radius 2 is 0.662 bits per heavy atom. The quantitative estimate of drug-likeness (QED) is 0.0345. The molecular weight excluding hydrogens is 837 g/mol. The van der Waals surface area contributed by atoms with E-state index < -0.39 is 6.10 Å². The molecule has 1 atom stereocenters. The van der Waals surface area contributed by atoms with Crippen molar-refractivity contribution >= 4 is 11.9 Å². The van der Waals surface area contributed by atoms with E-state index in [2.05, 4.69) is 118 Å². The molecule has 0 aromatic heterocycles. The summed E-state index contributed by atoms with van der Waals surface area (Å²) in [5.74, 6) is -0.422. The Morgan fingerprint density at radius 3 is 1.09 bits per heavy atom. The van der Waals surface area contributed by atoms with E-state index in [-0.39, 0.29) is 25.2 Å². The van der Waals surface area contributed by atoms with Gasteiger partial charge in [0, 0.05) is 19.4 Å². The SMILES string of the molecule is CC/C=C\C/C=C\C/C=C\C/C=C\C/C=C\CCCCCCOCC(COC(=O)CCCCCCCC/C=C\C/C=C\C/C=C\CCCCC)OC(=O)CCCCCCCCCCCCCCC. The molecule has 0 radical (unpaired) electrons. The topological polar surface area (TPSA) is 61.8 Å². The van der Waals surface area contributed by atoms with Gasteiger partial charge in [0.15, 0.2) is 6.10 Å². The van der Waals surface area contributed by atoms with Gasteiger partial charge in [0.2, 0.25) is 0 Å². The molecule has 0 spiro atoms. The van der Waals surface area contributed by atoms with Crippen molar-refractivity contribution < 1.29 is 23.8 Å². The number of rotatable bonds is 52. The summed E-state index contributed by atoms with van der Waals surface area (Å²) < 4.78 is 17.4. The molecular formula is C63H108O5. The minimum Gasteiger partial charge on any atom is -0.462 e. The van der Waals surface area contributed by atoms with Crippen molar-refractivity contribution in [2.24, 2.45) is 0 Å². The van der Waals surface area contributed by atoms with Crippen molar-refractivity contribution in [3.63, 3.8) is 0 Å². The summed E-state index contributed by atoms with van der Waals surface area (Å²) in [4.78, 5) is 25.5. The Kier molecular flexibility index (Phi) is 55.4. The smallest absolute Gasteiger partial charge is 0.306 e. The normalized spacial score (nSPS) is 12.9. The van der Waals surface area contributed by atoms with Crippen LogP contribution in [0.2, 0.25) is 0 Å². The van der Waals surface area contributed by atoms with Crippen LogP contribution in [0.1, 0.15) is 265 Å². The molecule has 0 N–H and O–H groups in total. The van der Waals surface area contributed by atoms with Crippen LogP contribution in [0.15, 0.2) is 97.2 Å². The zero-order chi connectivity index (χ0) is 49.2. The van der Waals surface area contributed by atoms with Crippen molar-refractivity contribution in [3.8, 4) is 0 Å². The molecule has 0 aliphatic rings. The Hall–Kier alpha value is -3.18. The molecule has 0 amide bonds. The highest BCUT2D eigenvalue weighted by molar-refractivity contribution is 5.70. The molecule has 0 rings (SSSR count). The zero-order valence-corrected chi connectivity index (χ0v) is 44.8. The van der Waals surface area contributed by atoms with Crippen LogP contribution in [0, 0.1) is 0 Å². The number of allylic oxidation sites excluding steroid dienone is 16. The van der Waals surface area contributed by atoms with Gasteiger partial charge in [0.05, 0.1) is 6.61 Å². The van der Waals surface area contributed by atoms with Crippen molar-refractivity contribution in [2.45, 2.75) is 271 Å². The van der Waals surface area contributed by atoms with Crippen LogP contribution in [-0.2, 0) is 23.8 Å². The summed E-state index contributed by atoms with van der Waals surface area (Å²) in [7, 11) is 0. The molecule has 390 valence electrons. The van der Waals surface area contributed by atoms with Gasteiger partial charge in [-0.2, -0.15) is 0 Å². The fourth-order valence-corrected chi connectivity index (χ4v) is 7.84. The Labute approximate surface area is 422 Å². The van der Waals surface area contributed by atoms with Gasteiger partial charge in [-0.05, 0) is 103 Å². The summed E-state index contributed by atoms with van der Waals surface area (Å²) in [6.07, 6.45) is 78.5. The lowest BCUT2D eigenvalue weighted by Gasteiger charge is -2.18. The zero-order valence-electron chi connectivity index (χ0n) is 44.8. The minimum absolute atomic E-state index is 0.0654.